The van der Waals surface area contributed by atoms with Gasteiger partial charge in [-0.05, 0) is 19.8 Å². The maximum atomic E-state index is 9.17. The Bertz CT molecular complexity index is 100. The van der Waals surface area contributed by atoms with Crippen molar-refractivity contribution < 1.29 is 14.9 Å². The van der Waals surface area contributed by atoms with Gasteiger partial charge < -0.3 is 14.9 Å². The minimum atomic E-state index is -1.31. The van der Waals surface area contributed by atoms with E-state index in [-0.39, 0.29) is 0 Å². The summed E-state index contributed by atoms with van der Waals surface area (Å²) in [6.07, 6.45) is 0.746. The highest BCUT2D eigenvalue weighted by Gasteiger charge is 2.33. The molecule has 9 heavy (non-hydrogen) atoms. The van der Waals surface area contributed by atoms with Crippen LogP contribution in [0.15, 0.2) is 0 Å². The van der Waals surface area contributed by atoms with Gasteiger partial charge in [-0.3, -0.25) is 0 Å². The summed E-state index contributed by atoms with van der Waals surface area (Å²) in [6, 6.07) is 0. The first kappa shape index (κ1) is 6.99. The van der Waals surface area contributed by atoms with E-state index in [0.29, 0.717) is 13.0 Å². The van der Waals surface area contributed by atoms with Crippen LogP contribution in [-0.2, 0) is 4.74 Å². The first-order valence-electron chi connectivity index (χ1n) is 3.17. The van der Waals surface area contributed by atoms with E-state index in [9.17, 15) is 5.11 Å². The lowest BCUT2D eigenvalue weighted by Crippen LogP contribution is -2.45. The highest BCUT2D eigenvalue weighted by atomic mass is 16.6. The molecular formula is C6H12O3. The van der Waals surface area contributed by atoms with Gasteiger partial charge in [0.15, 0.2) is 5.79 Å². The molecule has 1 heterocycles. The predicted octanol–water partition coefficient (Wildman–Crippen LogP) is -0.134. The number of hydrogen-bond acceptors (Lipinski definition) is 3. The molecule has 3 nitrogen and oxygen atoms in total. The van der Waals surface area contributed by atoms with Crippen molar-refractivity contribution in [3.05, 3.63) is 0 Å². The number of aliphatic hydroxyl groups is 2. The van der Waals surface area contributed by atoms with Gasteiger partial charge in [0.25, 0.3) is 0 Å². The zero-order valence-corrected chi connectivity index (χ0v) is 5.50. The molecule has 3 heteroatoms. The van der Waals surface area contributed by atoms with Crippen molar-refractivity contribution in [1.82, 2.24) is 0 Å². The van der Waals surface area contributed by atoms with E-state index in [4.69, 9.17) is 9.84 Å². The van der Waals surface area contributed by atoms with E-state index >= 15 is 0 Å². The normalized spacial score (nSPS) is 45.0. The minimum absolute atomic E-state index is 0.546. The molecule has 1 saturated heterocycles. The van der Waals surface area contributed by atoms with Crippen molar-refractivity contribution in [2.75, 3.05) is 6.61 Å². The summed E-state index contributed by atoms with van der Waals surface area (Å²) in [5, 5.41) is 18.2. The Morgan fingerprint density at radius 2 is 2.33 bits per heavy atom. The Morgan fingerprint density at radius 1 is 1.67 bits per heavy atom. The quantitative estimate of drug-likeness (QED) is 0.482. The lowest BCUT2D eigenvalue weighted by Gasteiger charge is -2.33. The van der Waals surface area contributed by atoms with Gasteiger partial charge in [-0.25, -0.2) is 0 Å². The van der Waals surface area contributed by atoms with Gasteiger partial charge >= 0.3 is 0 Å². The molecule has 2 unspecified atom stereocenters. The number of aliphatic hydroxyl groups excluding tert-OH is 1. The summed E-state index contributed by atoms with van der Waals surface area (Å²) in [5.41, 5.74) is 0. The molecule has 0 aromatic carbocycles. The molecule has 0 radical (unpaired) electrons. The Labute approximate surface area is 54.3 Å². The van der Waals surface area contributed by atoms with E-state index in [0.717, 1.165) is 6.42 Å². The van der Waals surface area contributed by atoms with E-state index in [1.54, 1.807) is 0 Å². The van der Waals surface area contributed by atoms with Crippen molar-refractivity contribution in [2.24, 2.45) is 0 Å². The van der Waals surface area contributed by atoms with Crippen molar-refractivity contribution >= 4 is 0 Å². The van der Waals surface area contributed by atoms with Crippen LogP contribution in [0.25, 0.3) is 0 Å². The van der Waals surface area contributed by atoms with Crippen LogP contribution in [0.1, 0.15) is 19.8 Å². The molecule has 1 rings (SSSR count). The molecule has 0 spiro atoms. The SMILES string of the molecule is CC1(O)OCCCC1O. The molecule has 1 fully saturated rings. The van der Waals surface area contributed by atoms with Crippen LogP contribution >= 0.6 is 0 Å². The fourth-order valence-electron chi connectivity index (χ4n) is 0.919. The second kappa shape index (κ2) is 2.25. The van der Waals surface area contributed by atoms with E-state index in [2.05, 4.69) is 0 Å². The molecule has 0 saturated carbocycles. The van der Waals surface area contributed by atoms with E-state index in [1.165, 1.54) is 6.92 Å². The molecule has 54 valence electrons. The van der Waals surface area contributed by atoms with Crippen LogP contribution in [0, 0.1) is 0 Å². The maximum absolute atomic E-state index is 9.17. The monoisotopic (exact) mass is 132 g/mol. The summed E-state index contributed by atoms with van der Waals surface area (Å²) in [6.45, 7) is 2.03. The number of hydrogen-bond donors (Lipinski definition) is 2. The molecule has 0 bridgehead atoms. The molecule has 0 amide bonds. The average molecular weight is 132 g/mol. The highest BCUT2D eigenvalue weighted by molar-refractivity contribution is 4.75. The van der Waals surface area contributed by atoms with Crippen LogP contribution in [0.2, 0.25) is 0 Å². The third kappa shape index (κ3) is 1.41. The summed E-state index contributed by atoms with van der Waals surface area (Å²) < 4.78 is 4.88. The Morgan fingerprint density at radius 3 is 2.67 bits per heavy atom. The van der Waals surface area contributed by atoms with Crippen LogP contribution in [0.4, 0.5) is 0 Å². The third-order valence-corrected chi connectivity index (χ3v) is 1.63. The topological polar surface area (TPSA) is 49.7 Å². The number of rotatable bonds is 0. The zero-order valence-electron chi connectivity index (χ0n) is 5.50. The Kier molecular flexibility index (Phi) is 1.75. The first-order chi connectivity index (χ1) is 4.13. The van der Waals surface area contributed by atoms with Gasteiger partial charge in [0.1, 0.15) is 6.10 Å². The highest BCUT2D eigenvalue weighted by Crippen LogP contribution is 2.21. The van der Waals surface area contributed by atoms with Gasteiger partial charge in [-0.1, -0.05) is 0 Å². The Balaban J connectivity index is 2.49. The smallest absolute Gasteiger partial charge is 0.188 e. The predicted molar refractivity (Wildman–Crippen MR) is 31.8 cm³/mol. The molecule has 0 aliphatic carbocycles. The molecule has 0 aromatic rings. The van der Waals surface area contributed by atoms with Crippen LogP contribution in [-0.4, -0.2) is 28.7 Å². The first-order valence-corrected chi connectivity index (χ1v) is 3.17. The summed E-state index contributed by atoms with van der Waals surface area (Å²) in [7, 11) is 0. The maximum Gasteiger partial charge on any atom is 0.188 e. The van der Waals surface area contributed by atoms with Gasteiger partial charge in [0.2, 0.25) is 0 Å². The molecule has 2 N–H and O–H groups in total. The fraction of sp³-hybridized carbons (Fsp3) is 1.00. The average Bonchev–Trinajstić information content (AvgIpc) is 1.77. The van der Waals surface area contributed by atoms with Crippen molar-refractivity contribution in [3.63, 3.8) is 0 Å². The summed E-state index contributed by atoms with van der Waals surface area (Å²) >= 11 is 0. The second-order valence-electron chi connectivity index (χ2n) is 2.56. The van der Waals surface area contributed by atoms with Gasteiger partial charge in [0.05, 0.1) is 6.61 Å². The summed E-state index contributed by atoms with van der Waals surface area (Å²) in [4.78, 5) is 0. The third-order valence-electron chi connectivity index (χ3n) is 1.63. The zero-order chi connectivity index (χ0) is 6.91. The second-order valence-corrected chi connectivity index (χ2v) is 2.56. The Hall–Kier alpha value is -0.120. The molecular weight excluding hydrogens is 120 g/mol. The van der Waals surface area contributed by atoms with Gasteiger partial charge in [-0.15, -0.1) is 0 Å². The van der Waals surface area contributed by atoms with Crippen LogP contribution in [0.5, 0.6) is 0 Å². The van der Waals surface area contributed by atoms with Crippen LogP contribution in [0.3, 0.4) is 0 Å². The lowest BCUT2D eigenvalue weighted by molar-refractivity contribution is -0.264. The van der Waals surface area contributed by atoms with E-state index in [1.807, 2.05) is 0 Å². The van der Waals surface area contributed by atoms with E-state index < -0.39 is 11.9 Å². The minimum Gasteiger partial charge on any atom is -0.388 e. The van der Waals surface area contributed by atoms with Crippen molar-refractivity contribution in [2.45, 2.75) is 31.7 Å². The molecule has 2 atom stereocenters. The summed E-state index contributed by atoms with van der Waals surface area (Å²) in [5.74, 6) is -1.31. The standard InChI is InChI=1S/C6H12O3/c1-6(8)5(7)3-2-4-9-6/h5,7-8H,2-4H2,1H3. The largest absolute Gasteiger partial charge is 0.388 e. The molecule has 1 aliphatic rings. The van der Waals surface area contributed by atoms with Gasteiger partial charge in [0, 0.05) is 0 Å². The van der Waals surface area contributed by atoms with Crippen molar-refractivity contribution in [3.8, 4) is 0 Å². The van der Waals surface area contributed by atoms with Gasteiger partial charge in [-0.2, -0.15) is 0 Å². The molecule has 1 aliphatic heterocycles. The fourth-order valence-corrected chi connectivity index (χ4v) is 0.919. The number of ether oxygens (including phenoxy) is 1. The lowest BCUT2D eigenvalue weighted by atomic mass is 10.0. The van der Waals surface area contributed by atoms with Crippen molar-refractivity contribution in [1.29, 1.82) is 0 Å². The molecule has 0 aromatic heterocycles. The van der Waals surface area contributed by atoms with Crippen LogP contribution < -0.4 is 0 Å².